The molecule has 0 fully saturated rings. The van der Waals surface area contributed by atoms with Crippen molar-refractivity contribution in [3.63, 3.8) is 0 Å². The molecule has 0 aliphatic carbocycles. The highest BCUT2D eigenvalue weighted by molar-refractivity contribution is 5.86. The summed E-state index contributed by atoms with van der Waals surface area (Å²) in [5.41, 5.74) is 8.33. The van der Waals surface area contributed by atoms with Crippen LogP contribution in [0.15, 0.2) is 146 Å². The molecule has 0 amide bonds. The molecule has 0 saturated heterocycles. The Labute approximate surface area is 227 Å². The maximum Gasteiger partial charge on any atom is 0.140 e. The number of fused-ring (bicyclic) bond motifs is 8. The van der Waals surface area contributed by atoms with Crippen LogP contribution in [0.2, 0.25) is 0 Å². The van der Waals surface area contributed by atoms with Gasteiger partial charge in [-0.05, 0) is 34.9 Å². The molecule has 6 aromatic carbocycles. The Morgan fingerprint density at radius 2 is 0.846 bits per heavy atom. The Morgan fingerprint density at radius 3 is 1.54 bits per heavy atom. The van der Waals surface area contributed by atoms with Crippen LogP contribution >= 0.6 is 0 Å². The van der Waals surface area contributed by atoms with E-state index in [0.29, 0.717) is 0 Å². The van der Waals surface area contributed by atoms with E-state index in [2.05, 4.69) is 133 Å². The van der Waals surface area contributed by atoms with Gasteiger partial charge in [-0.15, -0.1) is 0 Å². The molecule has 0 bridgehead atoms. The van der Waals surface area contributed by atoms with Crippen LogP contribution in [0.1, 0.15) is 22.3 Å². The fourth-order valence-corrected chi connectivity index (χ4v) is 6.45. The molecule has 0 aromatic heterocycles. The standard InChI is InChI=1S/C37H24O2/c1-3-13-25(14-4-1)27-17-12-24-34-35(27)37(29-19-7-9-22-32(29)38-34)30-20-8-10-23-33(30)39-36-28(18-11-21-31(36)37)26-15-5-2-6-16-26/h1-24H. The summed E-state index contributed by atoms with van der Waals surface area (Å²) in [5, 5.41) is 0. The molecule has 2 heterocycles. The lowest BCUT2D eigenvalue weighted by Crippen LogP contribution is -2.37. The summed E-state index contributed by atoms with van der Waals surface area (Å²) in [6, 6.07) is 51.0. The molecule has 6 aromatic rings. The average Bonchev–Trinajstić information content (AvgIpc) is 3.01. The summed E-state index contributed by atoms with van der Waals surface area (Å²) in [5.74, 6) is 3.47. The maximum absolute atomic E-state index is 6.83. The third kappa shape index (κ3) is 3.09. The topological polar surface area (TPSA) is 18.5 Å². The van der Waals surface area contributed by atoms with Crippen LogP contribution in [0, 0.1) is 0 Å². The van der Waals surface area contributed by atoms with Gasteiger partial charge >= 0.3 is 0 Å². The van der Waals surface area contributed by atoms with E-state index < -0.39 is 5.41 Å². The third-order valence-corrected chi connectivity index (χ3v) is 8.00. The first-order valence-electron chi connectivity index (χ1n) is 13.3. The molecule has 1 unspecified atom stereocenters. The van der Waals surface area contributed by atoms with Gasteiger partial charge in [-0.1, -0.05) is 127 Å². The Hall–Kier alpha value is -5.08. The van der Waals surface area contributed by atoms with E-state index in [1.165, 1.54) is 0 Å². The zero-order valence-corrected chi connectivity index (χ0v) is 21.2. The summed E-state index contributed by atoms with van der Waals surface area (Å²) >= 11 is 0. The predicted molar refractivity (Wildman–Crippen MR) is 156 cm³/mol. The van der Waals surface area contributed by atoms with Crippen LogP contribution in [-0.4, -0.2) is 0 Å². The van der Waals surface area contributed by atoms with Gasteiger partial charge in [0.05, 0.1) is 5.41 Å². The van der Waals surface area contributed by atoms with Crippen molar-refractivity contribution in [1.82, 2.24) is 0 Å². The first-order valence-corrected chi connectivity index (χ1v) is 13.3. The molecule has 2 aliphatic rings. The number of hydrogen-bond donors (Lipinski definition) is 0. The number of hydrogen-bond acceptors (Lipinski definition) is 2. The normalized spacial score (nSPS) is 16.2. The van der Waals surface area contributed by atoms with E-state index in [4.69, 9.17) is 9.47 Å². The summed E-state index contributed by atoms with van der Waals surface area (Å²) < 4.78 is 13.5. The van der Waals surface area contributed by atoms with Gasteiger partial charge in [-0.25, -0.2) is 0 Å². The molecule has 184 valence electrons. The molecule has 2 aliphatic heterocycles. The van der Waals surface area contributed by atoms with E-state index in [0.717, 1.165) is 67.5 Å². The number of benzene rings is 6. The third-order valence-electron chi connectivity index (χ3n) is 8.00. The Kier molecular flexibility index (Phi) is 4.77. The second kappa shape index (κ2) is 8.47. The Balaban J connectivity index is 1.57. The van der Waals surface area contributed by atoms with Crippen LogP contribution < -0.4 is 9.47 Å². The van der Waals surface area contributed by atoms with Gasteiger partial charge in [-0.3, -0.25) is 0 Å². The van der Waals surface area contributed by atoms with Crippen LogP contribution in [0.4, 0.5) is 0 Å². The number of ether oxygens (including phenoxy) is 2. The predicted octanol–water partition coefficient (Wildman–Crippen LogP) is 9.61. The van der Waals surface area contributed by atoms with Crippen LogP contribution in [0.25, 0.3) is 22.3 Å². The first kappa shape index (κ1) is 22.0. The van der Waals surface area contributed by atoms with Crippen molar-refractivity contribution in [2.45, 2.75) is 5.41 Å². The van der Waals surface area contributed by atoms with Crippen molar-refractivity contribution in [1.29, 1.82) is 0 Å². The van der Waals surface area contributed by atoms with Gasteiger partial charge in [0.1, 0.15) is 23.0 Å². The van der Waals surface area contributed by atoms with Gasteiger partial charge in [0.15, 0.2) is 0 Å². The highest BCUT2D eigenvalue weighted by atomic mass is 16.5. The molecule has 0 radical (unpaired) electrons. The van der Waals surface area contributed by atoms with Crippen molar-refractivity contribution in [3.8, 4) is 45.3 Å². The van der Waals surface area contributed by atoms with Crippen molar-refractivity contribution < 1.29 is 9.47 Å². The van der Waals surface area contributed by atoms with Gasteiger partial charge in [0.25, 0.3) is 0 Å². The van der Waals surface area contributed by atoms with E-state index in [1.54, 1.807) is 0 Å². The molecule has 1 atom stereocenters. The SMILES string of the molecule is c1ccc(-c2cccc3c2Oc2ccccc2C32c3ccccc3Oc3cccc(-c4ccccc4)c32)cc1. The summed E-state index contributed by atoms with van der Waals surface area (Å²) in [6.07, 6.45) is 0. The number of rotatable bonds is 2. The second-order valence-corrected chi connectivity index (χ2v) is 10.0. The quantitative estimate of drug-likeness (QED) is 0.235. The van der Waals surface area contributed by atoms with E-state index in [-0.39, 0.29) is 0 Å². The highest BCUT2D eigenvalue weighted by Gasteiger charge is 2.52. The summed E-state index contributed by atoms with van der Waals surface area (Å²) in [6.45, 7) is 0. The number of para-hydroxylation sites is 3. The zero-order chi connectivity index (χ0) is 25.8. The van der Waals surface area contributed by atoms with Crippen molar-refractivity contribution in [3.05, 3.63) is 168 Å². The zero-order valence-electron chi connectivity index (χ0n) is 21.2. The monoisotopic (exact) mass is 500 g/mol. The van der Waals surface area contributed by atoms with Gasteiger partial charge in [0, 0.05) is 27.8 Å². The van der Waals surface area contributed by atoms with Crippen molar-refractivity contribution in [2.75, 3.05) is 0 Å². The molecule has 2 heteroatoms. The summed E-state index contributed by atoms with van der Waals surface area (Å²) in [7, 11) is 0. The van der Waals surface area contributed by atoms with Gasteiger partial charge in [-0.2, -0.15) is 0 Å². The lowest BCUT2D eigenvalue weighted by atomic mass is 9.60. The molecule has 39 heavy (non-hydrogen) atoms. The highest BCUT2D eigenvalue weighted by Crippen LogP contribution is 2.64. The Bertz CT molecular complexity index is 1840. The van der Waals surface area contributed by atoms with Crippen molar-refractivity contribution in [2.24, 2.45) is 0 Å². The minimum atomic E-state index is -0.647. The average molecular weight is 501 g/mol. The van der Waals surface area contributed by atoms with Crippen LogP contribution in [0.5, 0.6) is 23.0 Å². The van der Waals surface area contributed by atoms with Gasteiger partial charge in [0.2, 0.25) is 0 Å². The minimum Gasteiger partial charge on any atom is -0.457 e. The molecule has 2 nitrogen and oxygen atoms in total. The minimum absolute atomic E-state index is 0.647. The van der Waals surface area contributed by atoms with Crippen LogP contribution in [-0.2, 0) is 5.41 Å². The lowest BCUT2D eigenvalue weighted by molar-refractivity contribution is 0.401. The molecule has 0 N–H and O–H groups in total. The molecule has 1 spiro atoms. The summed E-state index contributed by atoms with van der Waals surface area (Å²) in [4.78, 5) is 0. The van der Waals surface area contributed by atoms with Crippen molar-refractivity contribution >= 4 is 0 Å². The molecule has 8 rings (SSSR count). The molecule has 0 saturated carbocycles. The van der Waals surface area contributed by atoms with Gasteiger partial charge < -0.3 is 9.47 Å². The van der Waals surface area contributed by atoms with E-state index >= 15 is 0 Å². The fraction of sp³-hybridized carbons (Fsp3) is 0.0270. The Morgan fingerprint density at radius 1 is 0.359 bits per heavy atom. The smallest absolute Gasteiger partial charge is 0.140 e. The lowest BCUT2D eigenvalue weighted by Gasteiger charge is -2.46. The second-order valence-electron chi connectivity index (χ2n) is 10.0. The first-order chi connectivity index (χ1) is 19.4. The molecular weight excluding hydrogens is 476 g/mol. The fourth-order valence-electron chi connectivity index (χ4n) is 6.45. The van der Waals surface area contributed by atoms with Crippen LogP contribution in [0.3, 0.4) is 0 Å². The largest absolute Gasteiger partial charge is 0.457 e. The van der Waals surface area contributed by atoms with E-state index in [1.807, 2.05) is 12.1 Å². The van der Waals surface area contributed by atoms with E-state index in [9.17, 15) is 0 Å². The maximum atomic E-state index is 6.83. The molecular formula is C37H24O2.